The minimum atomic E-state index is 0.315. The Labute approximate surface area is 124 Å². The Morgan fingerprint density at radius 2 is 1.95 bits per heavy atom. The summed E-state index contributed by atoms with van der Waals surface area (Å²) in [6.45, 7) is 2.18. The van der Waals surface area contributed by atoms with Crippen molar-refractivity contribution in [3.05, 3.63) is 40.7 Å². The molecule has 1 aromatic heterocycles. The molecule has 106 valence electrons. The van der Waals surface area contributed by atoms with Gasteiger partial charge in [0.25, 0.3) is 0 Å². The summed E-state index contributed by atoms with van der Waals surface area (Å²) >= 11 is 1.58. The molecule has 0 radical (unpaired) electrons. The Bertz CT molecular complexity index is 533. The van der Waals surface area contributed by atoms with Gasteiger partial charge in [-0.3, -0.25) is 4.79 Å². The maximum atomic E-state index is 11.9. The summed E-state index contributed by atoms with van der Waals surface area (Å²) in [5.41, 5.74) is 2.09. The molecule has 0 amide bonds. The van der Waals surface area contributed by atoms with Crippen LogP contribution in [0.25, 0.3) is 11.3 Å². The number of hydrogen-bond acceptors (Lipinski definition) is 3. The van der Waals surface area contributed by atoms with Gasteiger partial charge in [0, 0.05) is 17.4 Å². The number of aromatic nitrogens is 1. The molecule has 0 spiro atoms. The number of carbonyl (C=O) groups excluding carboxylic acids is 1. The maximum absolute atomic E-state index is 11.9. The van der Waals surface area contributed by atoms with E-state index >= 15 is 0 Å². The predicted molar refractivity (Wildman–Crippen MR) is 85.0 cm³/mol. The topological polar surface area (TPSA) is 30.0 Å². The molecule has 3 heteroatoms. The fraction of sp³-hybridized carbons (Fsp3) is 0.412. The first-order valence-corrected chi connectivity index (χ1v) is 8.19. The van der Waals surface area contributed by atoms with Gasteiger partial charge in [0.1, 0.15) is 10.8 Å². The van der Waals surface area contributed by atoms with Crippen LogP contribution in [0.2, 0.25) is 0 Å². The number of unbranched alkanes of at least 4 members (excludes halogenated alkanes) is 3. The molecule has 0 atom stereocenters. The molecule has 1 aromatic carbocycles. The molecule has 2 rings (SSSR count). The van der Waals surface area contributed by atoms with Gasteiger partial charge < -0.3 is 0 Å². The summed E-state index contributed by atoms with van der Waals surface area (Å²) in [6.07, 6.45) is 5.80. The minimum absolute atomic E-state index is 0.315. The van der Waals surface area contributed by atoms with E-state index < -0.39 is 0 Å². The Kier molecular flexibility index (Phi) is 5.93. The van der Waals surface area contributed by atoms with E-state index in [-0.39, 0.29) is 0 Å². The molecule has 2 aromatic rings. The fourth-order valence-corrected chi connectivity index (χ4v) is 2.97. The summed E-state index contributed by atoms with van der Waals surface area (Å²) in [6, 6.07) is 10.1. The van der Waals surface area contributed by atoms with Gasteiger partial charge in [-0.15, -0.1) is 11.3 Å². The van der Waals surface area contributed by atoms with Gasteiger partial charge in [0.05, 0.1) is 12.1 Å². The minimum Gasteiger partial charge on any atom is -0.299 e. The lowest BCUT2D eigenvalue weighted by Crippen LogP contribution is -2.02. The Morgan fingerprint density at radius 3 is 2.70 bits per heavy atom. The highest BCUT2D eigenvalue weighted by Crippen LogP contribution is 2.22. The molecule has 0 fully saturated rings. The van der Waals surface area contributed by atoms with Crippen molar-refractivity contribution in [3.8, 4) is 11.3 Å². The Morgan fingerprint density at radius 1 is 1.15 bits per heavy atom. The first-order valence-electron chi connectivity index (χ1n) is 7.31. The van der Waals surface area contributed by atoms with Crippen molar-refractivity contribution in [3.63, 3.8) is 0 Å². The van der Waals surface area contributed by atoms with Crippen molar-refractivity contribution in [2.75, 3.05) is 0 Å². The number of Topliss-reactive ketones (excluding diaryl/α,β-unsaturated/α-hetero) is 1. The smallest absolute Gasteiger partial charge is 0.139 e. The lowest BCUT2D eigenvalue weighted by molar-refractivity contribution is -0.118. The van der Waals surface area contributed by atoms with Crippen molar-refractivity contribution >= 4 is 17.1 Å². The first-order chi connectivity index (χ1) is 9.79. The lowest BCUT2D eigenvalue weighted by Gasteiger charge is -1.98. The van der Waals surface area contributed by atoms with Gasteiger partial charge in [-0.05, 0) is 6.42 Å². The largest absolute Gasteiger partial charge is 0.299 e. The second-order valence-corrected chi connectivity index (χ2v) is 5.96. The summed E-state index contributed by atoms with van der Waals surface area (Å²) < 4.78 is 0. The van der Waals surface area contributed by atoms with Gasteiger partial charge in [-0.25, -0.2) is 4.98 Å². The van der Waals surface area contributed by atoms with Crippen molar-refractivity contribution in [2.45, 2.75) is 45.4 Å². The molecule has 0 aliphatic rings. The quantitative estimate of drug-likeness (QED) is 0.647. The van der Waals surface area contributed by atoms with Crippen molar-refractivity contribution in [1.82, 2.24) is 4.98 Å². The molecule has 0 aliphatic heterocycles. The summed E-state index contributed by atoms with van der Waals surface area (Å²) in [7, 11) is 0. The van der Waals surface area contributed by atoms with E-state index in [1.165, 1.54) is 12.8 Å². The highest BCUT2D eigenvalue weighted by Gasteiger charge is 2.08. The summed E-state index contributed by atoms with van der Waals surface area (Å²) in [5.74, 6) is 0.315. The number of hydrogen-bond donors (Lipinski definition) is 0. The van der Waals surface area contributed by atoms with Gasteiger partial charge >= 0.3 is 0 Å². The molecular formula is C17H21NOS. The molecular weight excluding hydrogens is 266 g/mol. The number of benzene rings is 1. The third-order valence-corrected chi connectivity index (χ3v) is 4.13. The van der Waals surface area contributed by atoms with Crippen molar-refractivity contribution in [1.29, 1.82) is 0 Å². The highest BCUT2D eigenvalue weighted by atomic mass is 32.1. The van der Waals surface area contributed by atoms with Crippen molar-refractivity contribution in [2.24, 2.45) is 0 Å². The average Bonchev–Trinajstić information content (AvgIpc) is 2.93. The number of carbonyl (C=O) groups is 1. The summed E-state index contributed by atoms with van der Waals surface area (Å²) in [4.78, 5) is 16.5. The Balaban J connectivity index is 1.85. The maximum Gasteiger partial charge on any atom is 0.139 e. The molecule has 0 saturated heterocycles. The molecule has 0 N–H and O–H groups in total. The third-order valence-electron chi connectivity index (χ3n) is 3.28. The molecule has 0 bridgehead atoms. The van der Waals surface area contributed by atoms with E-state index in [1.54, 1.807) is 11.3 Å². The molecule has 1 heterocycles. The second kappa shape index (κ2) is 7.95. The van der Waals surface area contributed by atoms with Crippen LogP contribution in [0.4, 0.5) is 0 Å². The molecule has 20 heavy (non-hydrogen) atoms. The van der Waals surface area contributed by atoms with E-state index in [4.69, 9.17) is 0 Å². The number of ketones is 1. The predicted octanol–water partition coefficient (Wildman–Crippen LogP) is 4.89. The molecule has 2 nitrogen and oxygen atoms in total. The van der Waals surface area contributed by atoms with Crippen LogP contribution in [0.3, 0.4) is 0 Å². The highest BCUT2D eigenvalue weighted by molar-refractivity contribution is 7.10. The standard InChI is InChI=1S/C17H21NOS/c1-2-3-4-8-11-15(19)12-17-18-16(13-20-17)14-9-6-5-7-10-14/h5-7,9-10,13H,2-4,8,11-12H2,1H3. The fourth-order valence-electron chi connectivity index (χ4n) is 2.14. The lowest BCUT2D eigenvalue weighted by atomic mass is 10.1. The zero-order valence-corrected chi connectivity index (χ0v) is 12.8. The van der Waals surface area contributed by atoms with Crippen LogP contribution in [-0.4, -0.2) is 10.8 Å². The normalized spacial score (nSPS) is 10.7. The molecule has 0 aliphatic carbocycles. The van der Waals surface area contributed by atoms with Crippen LogP contribution in [0.15, 0.2) is 35.7 Å². The first kappa shape index (κ1) is 14.9. The van der Waals surface area contributed by atoms with E-state index in [1.807, 2.05) is 35.7 Å². The van der Waals surface area contributed by atoms with E-state index in [9.17, 15) is 4.79 Å². The number of thiazole rings is 1. The zero-order valence-electron chi connectivity index (χ0n) is 12.0. The monoisotopic (exact) mass is 287 g/mol. The van der Waals surface area contributed by atoms with E-state index in [0.29, 0.717) is 18.6 Å². The number of nitrogens with zero attached hydrogens (tertiary/aromatic N) is 1. The van der Waals surface area contributed by atoms with Crippen LogP contribution in [0.1, 0.15) is 44.0 Å². The SMILES string of the molecule is CCCCCCC(=O)Cc1nc(-c2ccccc2)cs1. The number of rotatable bonds is 8. The Hall–Kier alpha value is -1.48. The molecule has 0 unspecified atom stereocenters. The summed E-state index contributed by atoms with van der Waals surface area (Å²) in [5, 5.41) is 2.97. The van der Waals surface area contributed by atoms with Gasteiger partial charge in [0.15, 0.2) is 0 Å². The third kappa shape index (κ3) is 4.57. The zero-order chi connectivity index (χ0) is 14.2. The van der Waals surface area contributed by atoms with Gasteiger partial charge in [-0.1, -0.05) is 56.5 Å². The van der Waals surface area contributed by atoms with Crippen LogP contribution < -0.4 is 0 Å². The van der Waals surface area contributed by atoms with Crippen molar-refractivity contribution < 1.29 is 4.79 Å². The van der Waals surface area contributed by atoms with Crippen LogP contribution in [0.5, 0.6) is 0 Å². The van der Waals surface area contributed by atoms with E-state index in [2.05, 4.69) is 11.9 Å². The molecule has 0 saturated carbocycles. The van der Waals surface area contributed by atoms with Gasteiger partial charge in [-0.2, -0.15) is 0 Å². The van der Waals surface area contributed by atoms with E-state index in [0.717, 1.165) is 29.1 Å². The second-order valence-electron chi connectivity index (χ2n) is 5.02. The van der Waals surface area contributed by atoms with Crippen LogP contribution >= 0.6 is 11.3 Å². The van der Waals surface area contributed by atoms with Crippen LogP contribution in [0, 0.1) is 0 Å². The van der Waals surface area contributed by atoms with Crippen LogP contribution in [-0.2, 0) is 11.2 Å². The average molecular weight is 287 g/mol. The van der Waals surface area contributed by atoms with Gasteiger partial charge in [0.2, 0.25) is 0 Å².